The summed E-state index contributed by atoms with van der Waals surface area (Å²) in [4.78, 5) is 6.62. The fraction of sp³-hybridized carbons (Fsp3) is 0.250. The average molecular weight is 283 g/mol. The monoisotopic (exact) mass is 283 g/mol. The summed E-state index contributed by atoms with van der Waals surface area (Å²) >= 11 is 0. The predicted molar refractivity (Wildman–Crippen MR) is 77.4 cm³/mol. The fourth-order valence-corrected chi connectivity index (χ4v) is 2.33. The van der Waals surface area contributed by atoms with Gasteiger partial charge in [-0.2, -0.15) is 5.26 Å². The first kappa shape index (κ1) is 13.5. The number of nitriles is 1. The number of anilines is 1. The molecule has 0 N–H and O–H groups in total. The van der Waals surface area contributed by atoms with Crippen LogP contribution in [0.15, 0.2) is 36.5 Å². The lowest BCUT2D eigenvalue weighted by atomic mass is 10.0. The Kier molecular flexibility index (Phi) is 3.80. The van der Waals surface area contributed by atoms with Crippen molar-refractivity contribution in [1.29, 1.82) is 5.26 Å². The van der Waals surface area contributed by atoms with Crippen molar-refractivity contribution in [3.05, 3.63) is 47.9 Å². The zero-order valence-electron chi connectivity index (χ0n) is 11.4. The van der Waals surface area contributed by atoms with E-state index in [2.05, 4.69) is 9.88 Å². The van der Waals surface area contributed by atoms with E-state index in [1.165, 1.54) is 6.07 Å². The standard InChI is InChI=1S/C16H14FN3O/c17-15-3-1-12(9-14(15)10-18)13-2-4-16(19-11-13)20-5-7-21-8-6-20/h1-4,9,11H,5-8H2. The molecular weight excluding hydrogens is 269 g/mol. The van der Waals surface area contributed by atoms with Crippen molar-refractivity contribution in [3.8, 4) is 17.2 Å². The molecule has 0 bridgehead atoms. The minimum absolute atomic E-state index is 0.0461. The number of nitrogens with zero attached hydrogens (tertiary/aromatic N) is 3. The molecule has 106 valence electrons. The van der Waals surface area contributed by atoms with E-state index in [-0.39, 0.29) is 5.56 Å². The molecule has 1 aliphatic heterocycles. The van der Waals surface area contributed by atoms with Gasteiger partial charge in [0, 0.05) is 24.8 Å². The van der Waals surface area contributed by atoms with Crippen LogP contribution < -0.4 is 4.90 Å². The highest BCUT2D eigenvalue weighted by Gasteiger charge is 2.12. The van der Waals surface area contributed by atoms with Gasteiger partial charge in [-0.25, -0.2) is 9.37 Å². The third-order valence-electron chi connectivity index (χ3n) is 3.50. The lowest BCUT2D eigenvalue weighted by Crippen LogP contribution is -2.36. The molecule has 1 fully saturated rings. The van der Waals surface area contributed by atoms with Gasteiger partial charge in [-0.15, -0.1) is 0 Å². The zero-order valence-corrected chi connectivity index (χ0v) is 11.4. The maximum Gasteiger partial charge on any atom is 0.140 e. The number of halogens is 1. The Morgan fingerprint density at radius 1 is 1.14 bits per heavy atom. The van der Waals surface area contributed by atoms with Crippen LogP contribution in [0, 0.1) is 17.1 Å². The molecule has 0 spiro atoms. The van der Waals surface area contributed by atoms with Crippen molar-refractivity contribution in [1.82, 2.24) is 4.98 Å². The third-order valence-corrected chi connectivity index (χ3v) is 3.50. The second kappa shape index (κ2) is 5.90. The normalized spacial score (nSPS) is 14.8. The van der Waals surface area contributed by atoms with E-state index < -0.39 is 5.82 Å². The van der Waals surface area contributed by atoms with Crippen molar-refractivity contribution in [2.24, 2.45) is 0 Å². The van der Waals surface area contributed by atoms with Crippen molar-refractivity contribution in [2.45, 2.75) is 0 Å². The number of rotatable bonds is 2. The van der Waals surface area contributed by atoms with Gasteiger partial charge in [-0.05, 0) is 29.8 Å². The highest BCUT2D eigenvalue weighted by Crippen LogP contribution is 2.23. The van der Waals surface area contributed by atoms with Crippen LogP contribution >= 0.6 is 0 Å². The van der Waals surface area contributed by atoms with Gasteiger partial charge >= 0.3 is 0 Å². The summed E-state index contributed by atoms with van der Waals surface area (Å²) in [5, 5.41) is 8.88. The minimum Gasteiger partial charge on any atom is -0.378 e. The zero-order chi connectivity index (χ0) is 14.7. The average Bonchev–Trinajstić information content (AvgIpc) is 2.56. The summed E-state index contributed by atoms with van der Waals surface area (Å²) in [6.07, 6.45) is 1.75. The summed E-state index contributed by atoms with van der Waals surface area (Å²) in [5.41, 5.74) is 1.70. The predicted octanol–water partition coefficient (Wildman–Crippen LogP) is 2.60. The first-order chi connectivity index (χ1) is 10.3. The molecule has 21 heavy (non-hydrogen) atoms. The van der Waals surface area contributed by atoms with Gasteiger partial charge in [0.2, 0.25) is 0 Å². The van der Waals surface area contributed by atoms with Crippen LogP contribution in [-0.2, 0) is 4.74 Å². The molecule has 2 aromatic rings. The summed E-state index contributed by atoms with van der Waals surface area (Å²) in [5.74, 6) is 0.406. The number of hydrogen-bond donors (Lipinski definition) is 0. The molecule has 1 saturated heterocycles. The van der Waals surface area contributed by atoms with E-state index in [1.807, 2.05) is 18.2 Å². The first-order valence-corrected chi connectivity index (χ1v) is 6.77. The largest absolute Gasteiger partial charge is 0.378 e. The van der Waals surface area contributed by atoms with Crippen molar-refractivity contribution < 1.29 is 9.13 Å². The molecule has 0 radical (unpaired) electrons. The smallest absolute Gasteiger partial charge is 0.140 e. The van der Waals surface area contributed by atoms with E-state index in [0.717, 1.165) is 30.0 Å². The molecular formula is C16H14FN3O. The van der Waals surface area contributed by atoms with Crippen LogP contribution in [-0.4, -0.2) is 31.3 Å². The quantitative estimate of drug-likeness (QED) is 0.850. The van der Waals surface area contributed by atoms with E-state index in [4.69, 9.17) is 10.00 Å². The minimum atomic E-state index is -0.501. The maximum atomic E-state index is 13.3. The lowest BCUT2D eigenvalue weighted by Gasteiger charge is -2.27. The number of morpholine rings is 1. The van der Waals surface area contributed by atoms with Crippen molar-refractivity contribution in [2.75, 3.05) is 31.2 Å². The van der Waals surface area contributed by atoms with Gasteiger partial charge < -0.3 is 9.64 Å². The summed E-state index contributed by atoms with van der Waals surface area (Å²) in [7, 11) is 0. The molecule has 0 amide bonds. The Morgan fingerprint density at radius 3 is 2.57 bits per heavy atom. The number of pyridine rings is 1. The number of benzene rings is 1. The molecule has 2 heterocycles. The Labute approximate surface area is 122 Å². The first-order valence-electron chi connectivity index (χ1n) is 6.77. The fourth-order valence-electron chi connectivity index (χ4n) is 2.33. The van der Waals surface area contributed by atoms with E-state index in [0.29, 0.717) is 13.2 Å². The molecule has 0 aliphatic carbocycles. The van der Waals surface area contributed by atoms with Crippen LogP contribution in [0.1, 0.15) is 5.56 Å². The number of hydrogen-bond acceptors (Lipinski definition) is 4. The number of aromatic nitrogens is 1. The molecule has 5 heteroatoms. The topological polar surface area (TPSA) is 49.2 Å². The highest BCUT2D eigenvalue weighted by atomic mass is 19.1. The van der Waals surface area contributed by atoms with Gasteiger partial charge in [0.25, 0.3) is 0 Å². The molecule has 3 rings (SSSR count). The Hall–Kier alpha value is -2.45. The molecule has 0 saturated carbocycles. The van der Waals surface area contributed by atoms with Crippen LogP contribution in [0.5, 0.6) is 0 Å². The Balaban J connectivity index is 1.85. The molecule has 1 aromatic carbocycles. The van der Waals surface area contributed by atoms with Crippen LogP contribution in [0.3, 0.4) is 0 Å². The van der Waals surface area contributed by atoms with E-state index in [9.17, 15) is 4.39 Å². The molecule has 0 unspecified atom stereocenters. The lowest BCUT2D eigenvalue weighted by molar-refractivity contribution is 0.122. The SMILES string of the molecule is N#Cc1cc(-c2ccc(N3CCOCC3)nc2)ccc1F. The Morgan fingerprint density at radius 2 is 1.90 bits per heavy atom. The van der Waals surface area contributed by atoms with E-state index in [1.54, 1.807) is 18.3 Å². The maximum absolute atomic E-state index is 13.3. The molecule has 1 aromatic heterocycles. The van der Waals surface area contributed by atoms with Crippen LogP contribution in [0.2, 0.25) is 0 Å². The summed E-state index contributed by atoms with van der Waals surface area (Å²) in [6.45, 7) is 3.10. The van der Waals surface area contributed by atoms with Gasteiger partial charge in [0.15, 0.2) is 0 Å². The van der Waals surface area contributed by atoms with Crippen LogP contribution in [0.4, 0.5) is 10.2 Å². The van der Waals surface area contributed by atoms with Crippen molar-refractivity contribution >= 4 is 5.82 Å². The highest BCUT2D eigenvalue weighted by molar-refractivity contribution is 5.65. The van der Waals surface area contributed by atoms with Gasteiger partial charge in [0.05, 0.1) is 18.8 Å². The van der Waals surface area contributed by atoms with Gasteiger partial charge in [-0.1, -0.05) is 6.07 Å². The van der Waals surface area contributed by atoms with Crippen molar-refractivity contribution in [3.63, 3.8) is 0 Å². The van der Waals surface area contributed by atoms with Crippen LogP contribution in [0.25, 0.3) is 11.1 Å². The third kappa shape index (κ3) is 2.86. The summed E-state index contributed by atoms with van der Waals surface area (Å²) in [6, 6.07) is 10.2. The molecule has 1 aliphatic rings. The van der Waals surface area contributed by atoms with Gasteiger partial charge in [-0.3, -0.25) is 0 Å². The second-order valence-corrected chi connectivity index (χ2v) is 4.81. The second-order valence-electron chi connectivity index (χ2n) is 4.81. The number of ether oxygens (including phenoxy) is 1. The summed E-state index contributed by atoms with van der Waals surface area (Å²) < 4.78 is 18.7. The Bertz CT molecular complexity index is 673. The van der Waals surface area contributed by atoms with E-state index >= 15 is 0 Å². The molecule has 4 nitrogen and oxygen atoms in total. The molecule has 0 atom stereocenters. The van der Waals surface area contributed by atoms with Gasteiger partial charge in [0.1, 0.15) is 17.7 Å².